The molecule has 1 aromatic carbocycles. The van der Waals surface area contributed by atoms with Crippen LogP contribution in [0, 0.1) is 17.8 Å². The van der Waals surface area contributed by atoms with Crippen molar-refractivity contribution in [3.63, 3.8) is 0 Å². The molecule has 2 rings (SSSR count). The lowest BCUT2D eigenvalue weighted by Gasteiger charge is -2.37. The fourth-order valence-corrected chi connectivity index (χ4v) is 4.94. The number of hydrogen-bond donors (Lipinski definition) is 2. The summed E-state index contributed by atoms with van der Waals surface area (Å²) in [4.78, 5) is 12.0. The van der Waals surface area contributed by atoms with Gasteiger partial charge in [-0.15, -0.1) is 0 Å². The summed E-state index contributed by atoms with van der Waals surface area (Å²) in [6.07, 6.45) is 3.49. The molecule has 0 spiro atoms. The minimum Gasteiger partial charge on any atom is -0.368 e. The maximum atomic E-state index is 12.1. The van der Waals surface area contributed by atoms with Gasteiger partial charge in [-0.2, -0.15) is 0 Å². The quantitative estimate of drug-likeness (QED) is 0.581. The second-order valence-electron chi connectivity index (χ2n) is 8.16. The van der Waals surface area contributed by atoms with Crippen LogP contribution >= 0.6 is 0 Å². The van der Waals surface area contributed by atoms with Crippen molar-refractivity contribution in [3.05, 3.63) is 35.9 Å². The largest absolute Gasteiger partial charge is 0.368 e. The van der Waals surface area contributed by atoms with Crippen LogP contribution in [0.5, 0.6) is 0 Å². The van der Waals surface area contributed by atoms with E-state index in [1.165, 1.54) is 6.42 Å². The molecule has 1 aromatic rings. The van der Waals surface area contributed by atoms with Gasteiger partial charge in [0.2, 0.25) is 15.9 Å². The molecule has 7 heteroatoms. The number of amides is 1. The Kier molecular flexibility index (Phi) is 8.92. The fourth-order valence-electron chi connectivity index (χ4n) is 3.79. The van der Waals surface area contributed by atoms with Gasteiger partial charge in [0.25, 0.3) is 0 Å². The summed E-state index contributed by atoms with van der Waals surface area (Å²) in [5.74, 6) is 1.39. The van der Waals surface area contributed by atoms with E-state index in [2.05, 4.69) is 30.8 Å². The first-order chi connectivity index (χ1) is 13.3. The Bertz CT molecular complexity index is 706. The second kappa shape index (κ2) is 10.9. The maximum absolute atomic E-state index is 12.1. The lowest BCUT2D eigenvalue weighted by atomic mass is 9.75. The first-order valence-corrected chi connectivity index (χ1v) is 11.8. The van der Waals surface area contributed by atoms with E-state index in [4.69, 9.17) is 4.74 Å². The standard InChI is InChI=1S/C21H34N2O4S/c1-16(2)19-10-9-17(3)13-20(19)27-14-21(24)22-11-12-23-28(25,26)15-18-7-5-4-6-8-18/h4-8,16-17,19-20,23H,9-15H2,1-3H3,(H,22,24)/t17-,19+,20-/m1/s1. The summed E-state index contributed by atoms with van der Waals surface area (Å²) in [7, 11) is -3.42. The van der Waals surface area contributed by atoms with E-state index in [0.29, 0.717) is 17.8 Å². The Labute approximate surface area is 169 Å². The molecule has 0 aliphatic heterocycles. The topological polar surface area (TPSA) is 84.5 Å². The van der Waals surface area contributed by atoms with Gasteiger partial charge in [0.1, 0.15) is 6.61 Å². The Hall–Kier alpha value is -1.44. The number of ether oxygens (including phenoxy) is 1. The molecule has 0 heterocycles. The second-order valence-corrected chi connectivity index (χ2v) is 9.97. The molecule has 1 fully saturated rings. The molecule has 0 bridgehead atoms. The van der Waals surface area contributed by atoms with Crippen molar-refractivity contribution in [2.75, 3.05) is 19.7 Å². The Morgan fingerprint density at radius 2 is 1.89 bits per heavy atom. The van der Waals surface area contributed by atoms with Crippen LogP contribution < -0.4 is 10.0 Å². The van der Waals surface area contributed by atoms with E-state index < -0.39 is 10.0 Å². The average molecular weight is 411 g/mol. The highest BCUT2D eigenvalue weighted by Gasteiger charge is 2.31. The molecule has 1 amide bonds. The van der Waals surface area contributed by atoms with Crippen molar-refractivity contribution < 1.29 is 17.9 Å². The molecule has 1 aliphatic rings. The van der Waals surface area contributed by atoms with Gasteiger partial charge in [0, 0.05) is 13.1 Å². The molecule has 0 aromatic heterocycles. The minimum absolute atomic E-state index is 0.0252. The number of carbonyl (C=O) groups is 1. The predicted molar refractivity (Wildman–Crippen MR) is 111 cm³/mol. The molecule has 1 saturated carbocycles. The zero-order chi connectivity index (χ0) is 20.6. The van der Waals surface area contributed by atoms with Gasteiger partial charge in [-0.25, -0.2) is 13.1 Å². The first kappa shape index (κ1) is 22.8. The number of carbonyl (C=O) groups excluding carboxylic acids is 1. The summed E-state index contributed by atoms with van der Waals surface area (Å²) < 4.78 is 32.5. The van der Waals surface area contributed by atoms with Crippen LogP contribution in [0.25, 0.3) is 0 Å². The molecular formula is C21H34N2O4S. The first-order valence-electron chi connectivity index (χ1n) is 10.2. The Morgan fingerprint density at radius 1 is 1.18 bits per heavy atom. The Morgan fingerprint density at radius 3 is 2.57 bits per heavy atom. The van der Waals surface area contributed by atoms with E-state index in [1.54, 1.807) is 12.1 Å². The van der Waals surface area contributed by atoms with Gasteiger partial charge < -0.3 is 10.1 Å². The van der Waals surface area contributed by atoms with Crippen LogP contribution in [0.2, 0.25) is 0 Å². The molecule has 3 atom stereocenters. The van der Waals surface area contributed by atoms with Crippen LogP contribution in [0.15, 0.2) is 30.3 Å². The molecule has 158 valence electrons. The maximum Gasteiger partial charge on any atom is 0.246 e. The molecule has 0 saturated heterocycles. The summed E-state index contributed by atoms with van der Waals surface area (Å²) in [6, 6.07) is 9.01. The van der Waals surface area contributed by atoms with E-state index in [-0.39, 0.29) is 37.5 Å². The number of rotatable bonds is 10. The number of benzene rings is 1. The average Bonchev–Trinajstić information content (AvgIpc) is 2.64. The van der Waals surface area contributed by atoms with Gasteiger partial charge in [-0.1, -0.05) is 57.5 Å². The molecule has 28 heavy (non-hydrogen) atoms. The number of sulfonamides is 1. The predicted octanol–water partition coefficient (Wildman–Crippen LogP) is 2.70. The highest BCUT2D eigenvalue weighted by Crippen LogP contribution is 2.35. The summed E-state index contributed by atoms with van der Waals surface area (Å²) in [5.41, 5.74) is 0.730. The third kappa shape index (κ3) is 7.89. The van der Waals surface area contributed by atoms with Crippen molar-refractivity contribution in [1.29, 1.82) is 0 Å². The van der Waals surface area contributed by atoms with Gasteiger partial charge in [0.05, 0.1) is 11.9 Å². The third-order valence-corrected chi connectivity index (χ3v) is 6.72. The molecule has 1 aliphatic carbocycles. The van der Waals surface area contributed by atoms with Crippen molar-refractivity contribution in [2.45, 2.75) is 51.9 Å². The van der Waals surface area contributed by atoms with Gasteiger partial charge in [-0.05, 0) is 36.2 Å². The smallest absolute Gasteiger partial charge is 0.246 e. The molecule has 0 radical (unpaired) electrons. The highest BCUT2D eigenvalue weighted by molar-refractivity contribution is 7.88. The van der Waals surface area contributed by atoms with E-state index in [1.807, 2.05) is 18.2 Å². The summed E-state index contributed by atoms with van der Waals surface area (Å²) in [6.45, 7) is 7.07. The number of nitrogens with one attached hydrogen (secondary N) is 2. The van der Waals surface area contributed by atoms with Gasteiger partial charge in [0.15, 0.2) is 0 Å². The zero-order valence-electron chi connectivity index (χ0n) is 17.2. The van der Waals surface area contributed by atoms with Gasteiger partial charge >= 0.3 is 0 Å². The van der Waals surface area contributed by atoms with Crippen molar-refractivity contribution in [2.24, 2.45) is 17.8 Å². The normalized spacial score (nSPS) is 22.9. The SMILES string of the molecule is CC(C)[C@@H]1CC[C@@H](C)C[C@H]1OCC(=O)NCCNS(=O)(=O)Cc1ccccc1. The van der Waals surface area contributed by atoms with Crippen LogP contribution in [0.1, 0.15) is 45.6 Å². The lowest BCUT2D eigenvalue weighted by Crippen LogP contribution is -2.39. The van der Waals surface area contributed by atoms with Crippen LogP contribution in [-0.2, 0) is 25.3 Å². The van der Waals surface area contributed by atoms with Crippen LogP contribution in [0.4, 0.5) is 0 Å². The molecule has 2 N–H and O–H groups in total. The molecule has 6 nitrogen and oxygen atoms in total. The lowest BCUT2D eigenvalue weighted by molar-refractivity contribution is -0.131. The highest BCUT2D eigenvalue weighted by atomic mass is 32.2. The monoisotopic (exact) mass is 410 g/mol. The van der Waals surface area contributed by atoms with Crippen molar-refractivity contribution >= 4 is 15.9 Å². The zero-order valence-corrected chi connectivity index (χ0v) is 18.0. The fraction of sp³-hybridized carbons (Fsp3) is 0.667. The number of hydrogen-bond acceptors (Lipinski definition) is 4. The summed E-state index contributed by atoms with van der Waals surface area (Å²) >= 11 is 0. The Balaban J connectivity index is 1.67. The van der Waals surface area contributed by atoms with E-state index >= 15 is 0 Å². The van der Waals surface area contributed by atoms with E-state index in [0.717, 1.165) is 18.4 Å². The van der Waals surface area contributed by atoms with Crippen LogP contribution in [-0.4, -0.2) is 40.1 Å². The van der Waals surface area contributed by atoms with E-state index in [9.17, 15) is 13.2 Å². The third-order valence-electron chi connectivity index (χ3n) is 5.36. The van der Waals surface area contributed by atoms with Crippen LogP contribution in [0.3, 0.4) is 0 Å². The summed E-state index contributed by atoms with van der Waals surface area (Å²) in [5, 5.41) is 2.72. The van der Waals surface area contributed by atoms with Crippen molar-refractivity contribution in [1.82, 2.24) is 10.0 Å². The minimum atomic E-state index is -3.42. The molecular weight excluding hydrogens is 376 g/mol. The van der Waals surface area contributed by atoms with Gasteiger partial charge in [-0.3, -0.25) is 4.79 Å². The van der Waals surface area contributed by atoms with Crippen molar-refractivity contribution in [3.8, 4) is 0 Å². The molecule has 0 unspecified atom stereocenters.